The lowest BCUT2D eigenvalue weighted by Crippen LogP contribution is -2.51. The van der Waals surface area contributed by atoms with E-state index in [1.807, 2.05) is 32.9 Å². The van der Waals surface area contributed by atoms with Gasteiger partial charge >= 0.3 is 6.03 Å². The maximum Gasteiger partial charge on any atom is 0.319 e. The first kappa shape index (κ1) is 20.5. The summed E-state index contributed by atoms with van der Waals surface area (Å²) in [6.45, 7) is 9.11. The van der Waals surface area contributed by atoms with E-state index in [0.717, 1.165) is 5.56 Å². The van der Waals surface area contributed by atoms with Crippen LogP contribution in [-0.2, 0) is 16.1 Å². The second-order valence-electron chi connectivity index (χ2n) is 7.09. The fourth-order valence-corrected chi connectivity index (χ4v) is 2.05. The van der Waals surface area contributed by atoms with Gasteiger partial charge in [-0.1, -0.05) is 18.2 Å². The summed E-state index contributed by atoms with van der Waals surface area (Å²) in [6, 6.07) is 6.07. The number of nitrogens with one attached hydrogen (secondary N) is 3. The highest BCUT2D eigenvalue weighted by molar-refractivity contribution is 5.94. The lowest BCUT2D eigenvalue weighted by molar-refractivity contribution is -0.128. The maximum atomic E-state index is 12.2. The zero-order chi connectivity index (χ0) is 19.2. The number of hydrogen-bond acceptors (Lipinski definition) is 3. The third-order valence-corrected chi connectivity index (χ3v) is 3.45. The number of urea groups is 1. The Hall–Kier alpha value is -2.57. The molecule has 0 saturated heterocycles. The van der Waals surface area contributed by atoms with Crippen LogP contribution in [0, 0.1) is 0 Å². The van der Waals surface area contributed by atoms with Gasteiger partial charge in [-0.25, -0.2) is 4.79 Å². The first-order valence-corrected chi connectivity index (χ1v) is 8.19. The van der Waals surface area contributed by atoms with Gasteiger partial charge in [-0.2, -0.15) is 0 Å². The van der Waals surface area contributed by atoms with Crippen molar-refractivity contribution in [3.05, 3.63) is 29.8 Å². The zero-order valence-electron chi connectivity index (χ0n) is 15.8. The summed E-state index contributed by atoms with van der Waals surface area (Å²) in [6.07, 6.45) is 0. The molecule has 3 N–H and O–H groups in total. The summed E-state index contributed by atoms with van der Waals surface area (Å²) < 4.78 is 0. The molecule has 138 valence electrons. The average Bonchev–Trinajstić information content (AvgIpc) is 2.47. The number of carbonyl (C=O) groups excluding carboxylic acids is 3. The number of rotatable bonds is 5. The summed E-state index contributed by atoms with van der Waals surface area (Å²) in [4.78, 5) is 37.2. The van der Waals surface area contributed by atoms with Crippen molar-refractivity contribution in [3.63, 3.8) is 0 Å². The van der Waals surface area contributed by atoms with Crippen LogP contribution >= 0.6 is 0 Å². The molecule has 0 spiro atoms. The molecule has 0 aromatic heterocycles. The molecular weight excluding hydrogens is 320 g/mol. The number of anilines is 1. The molecule has 0 aliphatic rings. The summed E-state index contributed by atoms with van der Waals surface area (Å²) >= 11 is 0. The van der Waals surface area contributed by atoms with Crippen LogP contribution < -0.4 is 16.0 Å². The molecule has 7 heteroatoms. The third kappa shape index (κ3) is 7.24. The van der Waals surface area contributed by atoms with Crippen molar-refractivity contribution in [2.75, 3.05) is 12.4 Å². The molecule has 0 unspecified atom stereocenters. The largest absolute Gasteiger partial charge is 0.350 e. The van der Waals surface area contributed by atoms with Crippen molar-refractivity contribution in [2.45, 2.75) is 52.7 Å². The van der Waals surface area contributed by atoms with Crippen molar-refractivity contribution in [1.82, 2.24) is 15.5 Å². The maximum absolute atomic E-state index is 12.2. The van der Waals surface area contributed by atoms with E-state index >= 15 is 0 Å². The Morgan fingerprint density at radius 1 is 1.16 bits per heavy atom. The van der Waals surface area contributed by atoms with E-state index in [9.17, 15) is 14.4 Å². The molecule has 1 atom stereocenters. The summed E-state index contributed by atoms with van der Waals surface area (Å²) in [7, 11) is 1.69. The smallest absolute Gasteiger partial charge is 0.319 e. The monoisotopic (exact) mass is 348 g/mol. The molecule has 1 aromatic rings. The number of carbonyl (C=O) groups is 3. The zero-order valence-corrected chi connectivity index (χ0v) is 15.8. The Balaban J connectivity index is 2.71. The topological polar surface area (TPSA) is 90.5 Å². The minimum Gasteiger partial charge on any atom is -0.350 e. The van der Waals surface area contributed by atoms with Gasteiger partial charge in [0.25, 0.3) is 0 Å². The van der Waals surface area contributed by atoms with Gasteiger partial charge in [0.2, 0.25) is 11.8 Å². The Labute approximate surface area is 149 Å². The van der Waals surface area contributed by atoms with Gasteiger partial charge in [0.15, 0.2) is 0 Å². The van der Waals surface area contributed by atoms with Crippen LogP contribution in [0.3, 0.4) is 0 Å². The van der Waals surface area contributed by atoms with Crippen LogP contribution in [0.1, 0.15) is 40.2 Å². The lowest BCUT2D eigenvalue weighted by Gasteiger charge is -2.24. The number of para-hydroxylation sites is 1. The van der Waals surface area contributed by atoms with Gasteiger partial charge < -0.3 is 20.9 Å². The highest BCUT2D eigenvalue weighted by atomic mass is 16.2. The Kier molecular flexibility index (Phi) is 6.97. The van der Waals surface area contributed by atoms with E-state index in [1.54, 1.807) is 31.0 Å². The number of hydrogen-bond donors (Lipinski definition) is 3. The number of amides is 4. The molecule has 0 saturated carbocycles. The molecule has 4 amide bonds. The second-order valence-corrected chi connectivity index (χ2v) is 7.09. The molecule has 7 nitrogen and oxygen atoms in total. The number of nitrogens with zero attached hydrogens (tertiary/aromatic N) is 1. The Morgan fingerprint density at radius 2 is 1.76 bits per heavy atom. The molecule has 0 aliphatic carbocycles. The standard InChI is InChI=1S/C18H28N4O3/c1-12(16(24)21-18(3,4)5)19-17(25)20-15-10-8-7-9-14(15)11-22(6)13(2)23/h7-10,12H,11H2,1-6H3,(H,21,24)(H2,19,20,25)/t12-/m1/s1. The van der Waals surface area contributed by atoms with Crippen molar-refractivity contribution in [2.24, 2.45) is 0 Å². The quantitative estimate of drug-likeness (QED) is 0.761. The number of benzene rings is 1. The van der Waals surface area contributed by atoms with Crippen LogP contribution in [0.2, 0.25) is 0 Å². The van der Waals surface area contributed by atoms with Crippen molar-refractivity contribution >= 4 is 23.5 Å². The van der Waals surface area contributed by atoms with E-state index in [4.69, 9.17) is 0 Å². The highest BCUT2D eigenvalue weighted by Gasteiger charge is 2.21. The highest BCUT2D eigenvalue weighted by Crippen LogP contribution is 2.16. The van der Waals surface area contributed by atoms with Crippen molar-refractivity contribution in [1.29, 1.82) is 0 Å². The molecule has 1 aromatic carbocycles. The summed E-state index contributed by atoms with van der Waals surface area (Å²) in [5, 5.41) is 8.16. The van der Waals surface area contributed by atoms with Gasteiger partial charge in [0.05, 0.1) is 0 Å². The van der Waals surface area contributed by atoms with Crippen LogP contribution in [-0.4, -0.2) is 41.4 Å². The normalized spacial score (nSPS) is 12.1. The van der Waals surface area contributed by atoms with E-state index in [-0.39, 0.29) is 17.4 Å². The van der Waals surface area contributed by atoms with Crippen LogP contribution in [0.15, 0.2) is 24.3 Å². The van der Waals surface area contributed by atoms with Gasteiger partial charge in [-0.05, 0) is 39.3 Å². The van der Waals surface area contributed by atoms with E-state index < -0.39 is 12.1 Å². The SMILES string of the molecule is CC(=O)N(C)Cc1ccccc1NC(=O)N[C@H](C)C(=O)NC(C)(C)C. The lowest BCUT2D eigenvalue weighted by atomic mass is 10.1. The Morgan fingerprint density at radius 3 is 2.32 bits per heavy atom. The molecule has 25 heavy (non-hydrogen) atoms. The molecule has 0 aliphatic heterocycles. The van der Waals surface area contributed by atoms with E-state index in [0.29, 0.717) is 12.2 Å². The van der Waals surface area contributed by atoms with Crippen LogP contribution in [0.5, 0.6) is 0 Å². The van der Waals surface area contributed by atoms with Crippen LogP contribution in [0.4, 0.5) is 10.5 Å². The molecule has 1 rings (SSSR count). The van der Waals surface area contributed by atoms with Gasteiger partial charge in [0.1, 0.15) is 6.04 Å². The predicted octanol–water partition coefficient (Wildman–Crippen LogP) is 2.09. The first-order chi connectivity index (χ1) is 11.5. The van der Waals surface area contributed by atoms with E-state index in [2.05, 4.69) is 16.0 Å². The third-order valence-electron chi connectivity index (χ3n) is 3.45. The van der Waals surface area contributed by atoms with Crippen molar-refractivity contribution < 1.29 is 14.4 Å². The minimum absolute atomic E-state index is 0.0632. The van der Waals surface area contributed by atoms with Crippen LogP contribution in [0.25, 0.3) is 0 Å². The molecular formula is C18H28N4O3. The summed E-state index contributed by atoms with van der Waals surface area (Å²) in [5.74, 6) is -0.320. The summed E-state index contributed by atoms with van der Waals surface area (Å²) in [5.41, 5.74) is 1.03. The van der Waals surface area contributed by atoms with Gasteiger partial charge in [0, 0.05) is 31.7 Å². The fourth-order valence-electron chi connectivity index (χ4n) is 2.05. The van der Waals surface area contributed by atoms with Gasteiger partial charge in [-0.3, -0.25) is 9.59 Å². The minimum atomic E-state index is -0.675. The van der Waals surface area contributed by atoms with E-state index in [1.165, 1.54) is 6.92 Å². The van der Waals surface area contributed by atoms with Crippen molar-refractivity contribution in [3.8, 4) is 0 Å². The molecule has 0 bridgehead atoms. The fraction of sp³-hybridized carbons (Fsp3) is 0.500. The Bertz CT molecular complexity index is 637. The predicted molar refractivity (Wildman–Crippen MR) is 98.1 cm³/mol. The average molecular weight is 348 g/mol. The molecule has 0 heterocycles. The molecule has 0 fully saturated rings. The van der Waals surface area contributed by atoms with Gasteiger partial charge in [-0.15, -0.1) is 0 Å². The molecule has 0 radical (unpaired) electrons. The first-order valence-electron chi connectivity index (χ1n) is 8.19. The second kappa shape index (κ2) is 8.50.